The summed E-state index contributed by atoms with van der Waals surface area (Å²) in [5.74, 6) is -4.79. The van der Waals surface area contributed by atoms with E-state index in [1.807, 2.05) is 0 Å². The normalized spacial score (nSPS) is 23.2. The molecule has 0 bridgehead atoms. The standard InChI is InChI=1S/C13H15F3N2O/c14-10-5-9(6-11(15)12(10)16)18-13(19)7-2-1-3-8(17)4-7/h5-8H,1-4,17H2,(H,18,19). The van der Waals surface area contributed by atoms with E-state index in [4.69, 9.17) is 5.73 Å². The maximum absolute atomic E-state index is 13.0. The molecular weight excluding hydrogens is 257 g/mol. The lowest BCUT2D eigenvalue weighted by Gasteiger charge is -2.25. The third kappa shape index (κ3) is 3.26. The van der Waals surface area contributed by atoms with Crippen LogP contribution in [0.5, 0.6) is 0 Å². The Labute approximate surface area is 109 Å². The van der Waals surface area contributed by atoms with Crippen LogP contribution in [0.1, 0.15) is 25.7 Å². The number of hydrogen-bond donors (Lipinski definition) is 2. The van der Waals surface area contributed by atoms with Gasteiger partial charge in [-0.1, -0.05) is 6.42 Å². The van der Waals surface area contributed by atoms with Crippen LogP contribution in [0.25, 0.3) is 0 Å². The van der Waals surface area contributed by atoms with Crippen LogP contribution in [0.2, 0.25) is 0 Å². The van der Waals surface area contributed by atoms with Crippen LogP contribution in [0.15, 0.2) is 12.1 Å². The number of carbonyl (C=O) groups is 1. The molecule has 1 aliphatic rings. The molecule has 1 saturated carbocycles. The van der Waals surface area contributed by atoms with E-state index in [-0.39, 0.29) is 23.6 Å². The second kappa shape index (κ2) is 5.61. The van der Waals surface area contributed by atoms with E-state index in [0.717, 1.165) is 25.0 Å². The van der Waals surface area contributed by atoms with Gasteiger partial charge in [0.1, 0.15) is 0 Å². The number of carbonyl (C=O) groups excluding carboxylic acids is 1. The molecule has 1 aliphatic carbocycles. The molecule has 0 radical (unpaired) electrons. The van der Waals surface area contributed by atoms with Crippen LogP contribution in [0.4, 0.5) is 18.9 Å². The first-order valence-corrected chi connectivity index (χ1v) is 6.18. The highest BCUT2D eigenvalue weighted by Crippen LogP contribution is 2.25. The summed E-state index contributed by atoms with van der Waals surface area (Å²) < 4.78 is 38.8. The third-order valence-electron chi connectivity index (χ3n) is 3.34. The van der Waals surface area contributed by atoms with E-state index in [1.165, 1.54) is 0 Å². The Kier molecular flexibility index (Phi) is 4.09. The molecule has 3 nitrogen and oxygen atoms in total. The van der Waals surface area contributed by atoms with Gasteiger partial charge in [-0.3, -0.25) is 4.79 Å². The monoisotopic (exact) mass is 272 g/mol. The summed E-state index contributed by atoms with van der Waals surface area (Å²) in [5.41, 5.74) is 5.69. The number of anilines is 1. The average Bonchev–Trinajstić information content (AvgIpc) is 2.36. The Hall–Kier alpha value is -1.56. The van der Waals surface area contributed by atoms with E-state index < -0.39 is 17.5 Å². The lowest BCUT2D eigenvalue weighted by molar-refractivity contribution is -0.120. The molecule has 0 aromatic heterocycles. The van der Waals surface area contributed by atoms with Gasteiger partial charge >= 0.3 is 0 Å². The van der Waals surface area contributed by atoms with Gasteiger partial charge < -0.3 is 11.1 Å². The lowest BCUT2D eigenvalue weighted by atomic mass is 9.85. The molecule has 2 atom stereocenters. The van der Waals surface area contributed by atoms with Gasteiger partial charge in [-0.2, -0.15) is 0 Å². The Balaban J connectivity index is 2.06. The van der Waals surface area contributed by atoms with Crippen molar-refractivity contribution < 1.29 is 18.0 Å². The fourth-order valence-corrected chi connectivity index (χ4v) is 2.34. The number of benzene rings is 1. The van der Waals surface area contributed by atoms with Crippen LogP contribution < -0.4 is 11.1 Å². The van der Waals surface area contributed by atoms with Crippen LogP contribution in [-0.2, 0) is 4.79 Å². The minimum atomic E-state index is -1.54. The Bertz CT molecular complexity index is 470. The third-order valence-corrected chi connectivity index (χ3v) is 3.34. The van der Waals surface area contributed by atoms with Crippen molar-refractivity contribution >= 4 is 11.6 Å². The van der Waals surface area contributed by atoms with E-state index in [0.29, 0.717) is 12.8 Å². The van der Waals surface area contributed by atoms with E-state index in [9.17, 15) is 18.0 Å². The predicted octanol–water partition coefficient (Wildman–Crippen LogP) is 2.56. The Morgan fingerprint density at radius 1 is 1.21 bits per heavy atom. The maximum atomic E-state index is 13.0. The zero-order chi connectivity index (χ0) is 14.0. The smallest absolute Gasteiger partial charge is 0.227 e. The number of nitrogens with two attached hydrogens (primary N) is 1. The fraction of sp³-hybridized carbons (Fsp3) is 0.462. The molecule has 1 fully saturated rings. The van der Waals surface area contributed by atoms with E-state index in [2.05, 4.69) is 5.32 Å². The first kappa shape index (κ1) is 13.9. The molecule has 104 valence electrons. The van der Waals surface area contributed by atoms with Crippen molar-refractivity contribution in [3.63, 3.8) is 0 Å². The van der Waals surface area contributed by atoms with Crippen molar-refractivity contribution in [1.82, 2.24) is 0 Å². The highest BCUT2D eigenvalue weighted by atomic mass is 19.2. The first-order valence-electron chi connectivity index (χ1n) is 6.18. The zero-order valence-electron chi connectivity index (χ0n) is 10.3. The lowest BCUT2D eigenvalue weighted by Crippen LogP contribution is -2.34. The second-order valence-corrected chi connectivity index (χ2v) is 4.87. The summed E-state index contributed by atoms with van der Waals surface area (Å²) in [6, 6.07) is 1.50. The van der Waals surface area contributed by atoms with Gasteiger partial charge in [0, 0.05) is 29.8 Å². The summed E-state index contributed by atoms with van der Waals surface area (Å²) in [4.78, 5) is 11.9. The average molecular weight is 272 g/mol. The molecule has 0 saturated heterocycles. The molecule has 0 spiro atoms. The SMILES string of the molecule is NC1CCCC(C(=O)Nc2cc(F)c(F)c(F)c2)C1. The summed E-state index contributed by atoms with van der Waals surface area (Å²) in [5, 5.41) is 2.40. The van der Waals surface area contributed by atoms with Gasteiger partial charge in [-0.25, -0.2) is 13.2 Å². The molecule has 6 heteroatoms. The Morgan fingerprint density at radius 3 is 2.42 bits per heavy atom. The summed E-state index contributed by atoms with van der Waals surface area (Å²) in [7, 11) is 0. The van der Waals surface area contributed by atoms with E-state index >= 15 is 0 Å². The Morgan fingerprint density at radius 2 is 1.84 bits per heavy atom. The quantitative estimate of drug-likeness (QED) is 0.813. The molecule has 1 aromatic carbocycles. The van der Waals surface area contributed by atoms with Crippen LogP contribution in [0, 0.1) is 23.4 Å². The molecule has 19 heavy (non-hydrogen) atoms. The first-order chi connectivity index (χ1) is 8.97. The largest absolute Gasteiger partial charge is 0.328 e. The molecule has 3 N–H and O–H groups in total. The fourth-order valence-electron chi connectivity index (χ4n) is 2.34. The van der Waals surface area contributed by atoms with Crippen molar-refractivity contribution in [2.75, 3.05) is 5.32 Å². The van der Waals surface area contributed by atoms with Crippen LogP contribution in [-0.4, -0.2) is 11.9 Å². The number of rotatable bonds is 2. The molecule has 0 aliphatic heterocycles. The zero-order valence-corrected chi connectivity index (χ0v) is 10.3. The van der Waals surface area contributed by atoms with E-state index in [1.54, 1.807) is 0 Å². The minimum absolute atomic E-state index is 0.0220. The van der Waals surface area contributed by atoms with Gasteiger partial charge in [-0.05, 0) is 19.3 Å². The second-order valence-electron chi connectivity index (χ2n) is 4.87. The highest BCUT2D eigenvalue weighted by molar-refractivity contribution is 5.92. The van der Waals surface area contributed by atoms with Crippen molar-refractivity contribution in [2.24, 2.45) is 11.7 Å². The van der Waals surface area contributed by atoms with Gasteiger partial charge in [0.25, 0.3) is 0 Å². The number of amides is 1. The highest BCUT2D eigenvalue weighted by Gasteiger charge is 2.25. The maximum Gasteiger partial charge on any atom is 0.227 e. The van der Waals surface area contributed by atoms with Gasteiger partial charge in [0.05, 0.1) is 0 Å². The molecule has 0 heterocycles. The predicted molar refractivity (Wildman–Crippen MR) is 64.9 cm³/mol. The molecule has 1 amide bonds. The number of halogens is 3. The summed E-state index contributed by atoms with van der Waals surface area (Å²) in [6.45, 7) is 0. The van der Waals surface area contributed by atoms with Gasteiger partial charge in [0.2, 0.25) is 5.91 Å². The van der Waals surface area contributed by atoms with Crippen molar-refractivity contribution in [3.8, 4) is 0 Å². The van der Waals surface area contributed by atoms with Crippen LogP contribution in [0.3, 0.4) is 0 Å². The molecular formula is C13H15F3N2O. The number of hydrogen-bond acceptors (Lipinski definition) is 2. The number of nitrogens with one attached hydrogen (secondary N) is 1. The minimum Gasteiger partial charge on any atom is -0.328 e. The molecule has 2 rings (SSSR count). The van der Waals surface area contributed by atoms with Crippen molar-refractivity contribution in [2.45, 2.75) is 31.7 Å². The van der Waals surface area contributed by atoms with Gasteiger partial charge in [-0.15, -0.1) is 0 Å². The summed E-state index contributed by atoms with van der Waals surface area (Å²) >= 11 is 0. The topological polar surface area (TPSA) is 55.1 Å². The molecule has 1 aromatic rings. The molecule has 2 unspecified atom stereocenters. The van der Waals surface area contributed by atoms with Crippen LogP contribution >= 0.6 is 0 Å². The van der Waals surface area contributed by atoms with Crippen molar-refractivity contribution in [3.05, 3.63) is 29.6 Å². The van der Waals surface area contributed by atoms with Crippen molar-refractivity contribution in [1.29, 1.82) is 0 Å². The van der Waals surface area contributed by atoms with Gasteiger partial charge in [0.15, 0.2) is 17.5 Å². The summed E-state index contributed by atoms with van der Waals surface area (Å²) in [6.07, 6.45) is 2.98.